The number of carbonyl (C=O) groups is 1. The summed E-state index contributed by atoms with van der Waals surface area (Å²) in [5, 5.41) is 2.94. The van der Waals surface area contributed by atoms with Crippen molar-refractivity contribution in [1.82, 2.24) is 14.7 Å². The third kappa shape index (κ3) is 4.16. The molecule has 2 aromatic carbocycles. The number of rotatable bonds is 6. The molecule has 4 aromatic rings. The average Bonchev–Trinajstić information content (AvgIpc) is 3.24. The smallest absolute Gasteiger partial charge is 0.251 e. The van der Waals surface area contributed by atoms with Crippen molar-refractivity contribution in [2.75, 3.05) is 13.2 Å². The van der Waals surface area contributed by atoms with Crippen LogP contribution in [0, 0.1) is 0 Å². The van der Waals surface area contributed by atoms with Crippen molar-refractivity contribution in [1.29, 1.82) is 0 Å². The van der Waals surface area contributed by atoms with Gasteiger partial charge in [-0.3, -0.25) is 4.79 Å². The standard InChI is InChI=1S/C24H21N3O4/c28-24(25-14-18-6-4-8-21-23(18)30-12-11-29-21)17-5-3-7-20(13-17)31-16-19-15-27-10-2-1-9-22(27)26-19/h1-10,13,15H,11-12,14,16H2,(H,25,28). The van der Waals surface area contributed by atoms with Crippen LogP contribution in [-0.4, -0.2) is 28.5 Å². The summed E-state index contributed by atoms with van der Waals surface area (Å²) in [7, 11) is 0. The van der Waals surface area contributed by atoms with E-state index < -0.39 is 0 Å². The molecule has 0 bridgehead atoms. The zero-order valence-corrected chi connectivity index (χ0v) is 16.8. The molecule has 0 fully saturated rings. The first-order chi connectivity index (χ1) is 15.3. The number of para-hydroxylation sites is 1. The number of carbonyl (C=O) groups excluding carboxylic acids is 1. The van der Waals surface area contributed by atoms with Gasteiger partial charge in [0.2, 0.25) is 0 Å². The monoisotopic (exact) mass is 415 g/mol. The minimum absolute atomic E-state index is 0.187. The van der Waals surface area contributed by atoms with Crippen LogP contribution in [0.4, 0.5) is 0 Å². The predicted octanol–water partition coefficient (Wildman–Crippen LogP) is 3.61. The highest BCUT2D eigenvalue weighted by Gasteiger charge is 2.16. The van der Waals surface area contributed by atoms with Crippen LogP contribution >= 0.6 is 0 Å². The average molecular weight is 415 g/mol. The van der Waals surface area contributed by atoms with Crippen molar-refractivity contribution >= 4 is 11.6 Å². The fourth-order valence-electron chi connectivity index (χ4n) is 3.49. The molecule has 31 heavy (non-hydrogen) atoms. The summed E-state index contributed by atoms with van der Waals surface area (Å²) in [6.07, 6.45) is 3.87. The number of hydrogen-bond acceptors (Lipinski definition) is 5. The lowest BCUT2D eigenvalue weighted by Gasteiger charge is -2.21. The van der Waals surface area contributed by atoms with Gasteiger partial charge in [0, 0.05) is 30.1 Å². The van der Waals surface area contributed by atoms with E-state index in [2.05, 4.69) is 10.3 Å². The van der Waals surface area contributed by atoms with E-state index in [9.17, 15) is 4.79 Å². The Labute approximate surface area is 179 Å². The third-order valence-corrected chi connectivity index (χ3v) is 4.98. The maximum atomic E-state index is 12.7. The first kappa shape index (κ1) is 19.0. The number of pyridine rings is 1. The van der Waals surface area contributed by atoms with Crippen LogP contribution in [-0.2, 0) is 13.2 Å². The summed E-state index contributed by atoms with van der Waals surface area (Å²) in [6.45, 7) is 1.70. The lowest BCUT2D eigenvalue weighted by Crippen LogP contribution is -2.24. The van der Waals surface area contributed by atoms with Crippen molar-refractivity contribution in [3.8, 4) is 17.2 Å². The molecule has 1 amide bonds. The van der Waals surface area contributed by atoms with Gasteiger partial charge in [-0.1, -0.05) is 24.3 Å². The SMILES string of the molecule is O=C(NCc1cccc2c1OCCO2)c1cccc(OCc2cn3ccccc3n2)c1. The number of benzene rings is 2. The Morgan fingerprint density at radius 2 is 1.97 bits per heavy atom. The largest absolute Gasteiger partial charge is 0.487 e. The summed E-state index contributed by atoms with van der Waals surface area (Å²) in [5.41, 5.74) is 3.09. The highest BCUT2D eigenvalue weighted by molar-refractivity contribution is 5.94. The predicted molar refractivity (Wildman–Crippen MR) is 115 cm³/mol. The van der Waals surface area contributed by atoms with E-state index in [0.29, 0.717) is 49.2 Å². The summed E-state index contributed by atoms with van der Waals surface area (Å²) < 4.78 is 19.1. The van der Waals surface area contributed by atoms with Crippen molar-refractivity contribution in [3.05, 3.63) is 89.9 Å². The quantitative estimate of drug-likeness (QED) is 0.521. The van der Waals surface area contributed by atoms with Crippen molar-refractivity contribution in [2.24, 2.45) is 0 Å². The summed E-state index contributed by atoms with van der Waals surface area (Å²) in [4.78, 5) is 17.2. The molecule has 0 saturated carbocycles. The van der Waals surface area contributed by atoms with Crippen molar-refractivity contribution in [3.63, 3.8) is 0 Å². The lowest BCUT2D eigenvalue weighted by molar-refractivity contribution is 0.0949. The molecule has 2 aromatic heterocycles. The van der Waals surface area contributed by atoms with Gasteiger partial charge < -0.3 is 23.9 Å². The van der Waals surface area contributed by atoms with Crippen molar-refractivity contribution in [2.45, 2.75) is 13.2 Å². The van der Waals surface area contributed by atoms with E-state index in [4.69, 9.17) is 14.2 Å². The molecule has 156 valence electrons. The molecule has 7 heteroatoms. The maximum Gasteiger partial charge on any atom is 0.251 e. The van der Waals surface area contributed by atoms with E-state index in [1.165, 1.54) is 0 Å². The van der Waals surface area contributed by atoms with Gasteiger partial charge in [0.1, 0.15) is 31.2 Å². The maximum absolute atomic E-state index is 12.7. The molecule has 0 atom stereocenters. The van der Waals surface area contributed by atoms with E-state index in [-0.39, 0.29) is 5.91 Å². The highest BCUT2D eigenvalue weighted by Crippen LogP contribution is 2.33. The molecule has 3 heterocycles. The molecule has 0 saturated heterocycles. The van der Waals surface area contributed by atoms with E-state index >= 15 is 0 Å². The molecule has 1 N–H and O–H groups in total. The van der Waals surface area contributed by atoms with Gasteiger partial charge in [-0.15, -0.1) is 0 Å². The molecule has 1 aliphatic heterocycles. The van der Waals surface area contributed by atoms with Gasteiger partial charge >= 0.3 is 0 Å². The highest BCUT2D eigenvalue weighted by atomic mass is 16.6. The van der Waals surface area contributed by atoms with Gasteiger partial charge in [0.25, 0.3) is 5.91 Å². The van der Waals surface area contributed by atoms with Crippen LogP contribution in [0.5, 0.6) is 17.2 Å². The second-order valence-corrected chi connectivity index (χ2v) is 7.14. The van der Waals surface area contributed by atoms with Crippen molar-refractivity contribution < 1.29 is 19.0 Å². The Morgan fingerprint density at radius 3 is 2.90 bits per heavy atom. The van der Waals surface area contributed by atoms with Crippen LogP contribution in [0.2, 0.25) is 0 Å². The van der Waals surface area contributed by atoms with E-state index in [0.717, 1.165) is 16.9 Å². The van der Waals surface area contributed by atoms with E-state index in [1.807, 2.05) is 59.3 Å². The first-order valence-electron chi connectivity index (χ1n) is 10.1. The Bertz CT molecular complexity index is 1200. The normalized spacial score (nSPS) is 12.5. The summed E-state index contributed by atoms with van der Waals surface area (Å²) in [5.74, 6) is 1.82. The molecule has 0 spiro atoms. The van der Waals surface area contributed by atoms with Gasteiger partial charge in [-0.05, 0) is 36.4 Å². The second kappa shape index (κ2) is 8.39. The fourth-order valence-corrected chi connectivity index (χ4v) is 3.49. The number of hydrogen-bond donors (Lipinski definition) is 1. The number of fused-ring (bicyclic) bond motifs is 2. The third-order valence-electron chi connectivity index (χ3n) is 4.98. The molecular formula is C24H21N3O4. The molecule has 0 aliphatic carbocycles. The Hall–Kier alpha value is -4.00. The van der Waals surface area contributed by atoms with Gasteiger partial charge in [-0.2, -0.15) is 0 Å². The first-order valence-corrected chi connectivity index (χ1v) is 10.1. The minimum atomic E-state index is -0.187. The van der Waals surface area contributed by atoms with Gasteiger partial charge in [0.15, 0.2) is 11.5 Å². The van der Waals surface area contributed by atoms with Crippen LogP contribution in [0.25, 0.3) is 5.65 Å². The number of aromatic nitrogens is 2. The summed E-state index contributed by atoms with van der Waals surface area (Å²) in [6, 6.07) is 18.6. The van der Waals surface area contributed by atoms with Crippen LogP contribution < -0.4 is 19.5 Å². The van der Waals surface area contributed by atoms with Crippen LogP contribution in [0.3, 0.4) is 0 Å². The second-order valence-electron chi connectivity index (χ2n) is 7.14. The van der Waals surface area contributed by atoms with Gasteiger partial charge in [0.05, 0.1) is 5.69 Å². The zero-order valence-electron chi connectivity index (χ0n) is 16.8. The molecule has 1 aliphatic rings. The number of nitrogens with one attached hydrogen (secondary N) is 1. The van der Waals surface area contributed by atoms with Crippen LogP contribution in [0.15, 0.2) is 73.1 Å². The van der Waals surface area contributed by atoms with E-state index in [1.54, 1.807) is 18.2 Å². The topological polar surface area (TPSA) is 74.1 Å². The van der Waals surface area contributed by atoms with Crippen LogP contribution in [0.1, 0.15) is 21.6 Å². The fraction of sp³-hybridized carbons (Fsp3) is 0.167. The molecular weight excluding hydrogens is 394 g/mol. The molecule has 5 rings (SSSR count). The molecule has 7 nitrogen and oxygen atoms in total. The minimum Gasteiger partial charge on any atom is -0.487 e. The number of nitrogens with zero attached hydrogens (tertiary/aromatic N) is 2. The lowest BCUT2D eigenvalue weighted by atomic mass is 10.1. The number of imidazole rings is 1. The molecule has 0 unspecified atom stereocenters. The zero-order chi connectivity index (χ0) is 21.0. The number of ether oxygens (including phenoxy) is 3. The Morgan fingerprint density at radius 1 is 1.06 bits per heavy atom. The van der Waals surface area contributed by atoms with Gasteiger partial charge in [-0.25, -0.2) is 4.98 Å². The summed E-state index contributed by atoms with van der Waals surface area (Å²) >= 11 is 0. The Kier molecular flexibility index (Phi) is 5.14. The molecule has 0 radical (unpaired) electrons. The number of amides is 1. The Balaban J connectivity index is 1.23.